The molecule has 0 amide bonds. The van der Waals surface area contributed by atoms with Gasteiger partial charge in [0.15, 0.2) is 6.23 Å². The van der Waals surface area contributed by atoms with Gasteiger partial charge in [-0.05, 0) is 6.42 Å². The van der Waals surface area contributed by atoms with E-state index in [0.717, 1.165) is 4.57 Å². The quantitative estimate of drug-likeness (QED) is 0.736. The molecule has 1 aliphatic heterocycles. The predicted octanol–water partition coefficient (Wildman–Crippen LogP) is -0.939. The molecule has 19 heavy (non-hydrogen) atoms. The maximum atomic E-state index is 12.2. The molecule has 7 nitrogen and oxygen atoms in total. The van der Waals surface area contributed by atoms with Crippen LogP contribution in [0.4, 0.5) is 0 Å². The van der Waals surface area contributed by atoms with Crippen LogP contribution in [0.2, 0.25) is 0 Å². The summed E-state index contributed by atoms with van der Waals surface area (Å²) in [5.74, 6) is 0. The van der Waals surface area contributed by atoms with Gasteiger partial charge >= 0.3 is 5.69 Å². The molecule has 3 atom stereocenters. The summed E-state index contributed by atoms with van der Waals surface area (Å²) in [7, 11) is 0. The lowest BCUT2D eigenvalue weighted by Gasteiger charge is -2.18. The van der Waals surface area contributed by atoms with E-state index >= 15 is 0 Å². The standard InChI is InChI=1S/C12H18N2O5/c1-2-4-13-10(17)3-5-14(12(13)18)11-9(16)6-8(7-15)19-11/h3,5,8-9,11,15-16H,2,4,6-7H2,1H3/t8-,9+,11+/m0/s1. The molecule has 1 fully saturated rings. The fraction of sp³-hybridized carbons (Fsp3) is 0.667. The monoisotopic (exact) mass is 270 g/mol. The van der Waals surface area contributed by atoms with E-state index in [0.29, 0.717) is 13.0 Å². The van der Waals surface area contributed by atoms with Crippen molar-refractivity contribution >= 4 is 0 Å². The second-order valence-corrected chi connectivity index (χ2v) is 4.63. The first-order valence-electron chi connectivity index (χ1n) is 6.34. The molecule has 1 aromatic rings. The van der Waals surface area contributed by atoms with Crippen molar-refractivity contribution < 1.29 is 14.9 Å². The maximum Gasteiger partial charge on any atom is 0.333 e. The predicted molar refractivity (Wildman–Crippen MR) is 66.9 cm³/mol. The van der Waals surface area contributed by atoms with Crippen molar-refractivity contribution in [2.75, 3.05) is 6.61 Å². The Hall–Kier alpha value is -1.44. The first-order valence-corrected chi connectivity index (χ1v) is 6.34. The van der Waals surface area contributed by atoms with Gasteiger partial charge in [0.1, 0.15) is 6.10 Å². The van der Waals surface area contributed by atoms with Crippen LogP contribution < -0.4 is 11.2 Å². The van der Waals surface area contributed by atoms with Crippen molar-refractivity contribution in [1.82, 2.24) is 9.13 Å². The number of nitrogens with zero attached hydrogens (tertiary/aromatic N) is 2. The van der Waals surface area contributed by atoms with Crippen LogP contribution in [0, 0.1) is 0 Å². The van der Waals surface area contributed by atoms with Crippen molar-refractivity contribution in [3.8, 4) is 0 Å². The van der Waals surface area contributed by atoms with Crippen molar-refractivity contribution in [3.63, 3.8) is 0 Å². The van der Waals surface area contributed by atoms with Gasteiger partial charge in [0, 0.05) is 25.2 Å². The Bertz CT molecular complexity index is 550. The van der Waals surface area contributed by atoms with Gasteiger partial charge in [-0.25, -0.2) is 4.79 Å². The molecule has 106 valence electrons. The molecule has 0 unspecified atom stereocenters. The summed E-state index contributed by atoms with van der Waals surface area (Å²) in [6.45, 7) is 1.98. The van der Waals surface area contributed by atoms with E-state index in [1.165, 1.54) is 16.8 Å². The van der Waals surface area contributed by atoms with Crippen LogP contribution in [-0.4, -0.2) is 38.2 Å². The fourth-order valence-corrected chi connectivity index (χ4v) is 2.25. The number of aliphatic hydroxyl groups excluding tert-OH is 2. The first-order chi connectivity index (χ1) is 9.08. The van der Waals surface area contributed by atoms with Crippen LogP contribution in [0.5, 0.6) is 0 Å². The third kappa shape index (κ3) is 2.63. The minimum absolute atomic E-state index is 0.211. The van der Waals surface area contributed by atoms with Gasteiger partial charge in [-0.3, -0.25) is 13.9 Å². The number of hydrogen-bond acceptors (Lipinski definition) is 5. The zero-order chi connectivity index (χ0) is 14.0. The third-order valence-corrected chi connectivity index (χ3v) is 3.19. The van der Waals surface area contributed by atoms with Crippen LogP contribution >= 0.6 is 0 Å². The van der Waals surface area contributed by atoms with Crippen LogP contribution in [0.25, 0.3) is 0 Å². The summed E-state index contributed by atoms with van der Waals surface area (Å²) < 4.78 is 7.73. The SMILES string of the molecule is CCCn1c(=O)ccn([C@@H]2O[C@H](CO)C[C@H]2O)c1=O. The molecular formula is C12H18N2O5. The highest BCUT2D eigenvalue weighted by atomic mass is 16.5. The highest BCUT2D eigenvalue weighted by molar-refractivity contribution is 4.91. The van der Waals surface area contributed by atoms with Crippen LogP contribution in [-0.2, 0) is 11.3 Å². The smallest absolute Gasteiger partial charge is 0.333 e. The number of aromatic nitrogens is 2. The Balaban J connectivity index is 2.38. The topological polar surface area (TPSA) is 93.7 Å². The Morgan fingerprint density at radius 3 is 2.79 bits per heavy atom. The number of ether oxygens (including phenoxy) is 1. The van der Waals surface area contributed by atoms with Gasteiger partial charge in [0.05, 0.1) is 12.7 Å². The molecule has 1 aliphatic rings. The molecule has 0 spiro atoms. The third-order valence-electron chi connectivity index (χ3n) is 3.19. The molecular weight excluding hydrogens is 252 g/mol. The number of rotatable bonds is 4. The molecule has 2 N–H and O–H groups in total. The van der Waals surface area contributed by atoms with Crippen LogP contribution in [0.15, 0.2) is 21.9 Å². The summed E-state index contributed by atoms with van der Waals surface area (Å²) in [5.41, 5.74) is -0.869. The highest BCUT2D eigenvalue weighted by Crippen LogP contribution is 2.27. The number of aliphatic hydroxyl groups is 2. The second-order valence-electron chi connectivity index (χ2n) is 4.63. The lowest BCUT2D eigenvalue weighted by Crippen LogP contribution is -2.42. The average Bonchev–Trinajstić information content (AvgIpc) is 2.76. The summed E-state index contributed by atoms with van der Waals surface area (Å²) in [6.07, 6.45) is 0.0338. The Morgan fingerprint density at radius 2 is 2.21 bits per heavy atom. The molecule has 2 heterocycles. The number of hydrogen-bond donors (Lipinski definition) is 2. The summed E-state index contributed by atoms with van der Waals surface area (Å²) in [6, 6.07) is 1.28. The first kappa shape index (κ1) is 14.0. The zero-order valence-electron chi connectivity index (χ0n) is 10.7. The van der Waals surface area contributed by atoms with E-state index in [-0.39, 0.29) is 18.6 Å². The summed E-state index contributed by atoms with van der Waals surface area (Å²) >= 11 is 0. The van der Waals surface area contributed by atoms with Gasteiger partial charge in [-0.1, -0.05) is 6.92 Å². The van der Waals surface area contributed by atoms with E-state index in [1.54, 1.807) is 0 Å². The molecule has 2 rings (SSSR count). The fourth-order valence-electron chi connectivity index (χ4n) is 2.25. The average molecular weight is 270 g/mol. The van der Waals surface area contributed by atoms with E-state index in [4.69, 9.17) is 9.84 Å². The second kappa shape index (κ2) is 5.68. The molecule has 0 aromatic carbocycles. The summed E-state index contributed by atoms with van der Waals surface area (Å²) in [5, 5.41) is 18.9. The van der Waals surface area contributed by atoms with Crippen molar-refractivity contribution in [1.29, 1.82) is 0 Å². The largest absolute Gasteiger partial charge is 0.394 e. The van der Waals surface area contributed by atoms with E-state index < -0.39 is 24.1 Å². The molecule has 1 aromatic heterocycles. The van der Waals surface area contributed by atoms with Crippen LogP contribution in [0.3, 0.4) is 0 Å². The van der Waals surface area contributed by atoms with Crippen LogP contribution in [0.1, 0.15) is 26.0 Å². The lowest BCUT2D eigenvalue weighted by atomic mass is 10.2. The Kier molecular flexibility index (Phi) is 4.18. The molecule has 7 heteroatoms. The van der Waals surface area contributed by atoms with Gasteiger partial charge in [0.25, 0.3) is 5.56 Å². The van der Waals surface area contributed by atoms with Crippen molar-refractivity contribution in [3.05, 3.63) is 33.1 Å². The minimum atomic E-state index is -0.873. The Morgan fingerprint density at radius 1 is 1.47 bits per heavy atom. The highest BCUT2D eigenvalue weighted by Gasteiger charge is 2.35. The van der Waals surface area contributed by atoms with E-state index in [1.807, 2.05) is 6.92 Å². The lowest BCUT2D eigenvalue weighted by molar-refractivity contribution is -0.0537. The van der Waals surface area contributed by atoms with Gasteiger partial charge in [-0.15, -0.1) is 0 Å². The summed E-state index contributed by atoms with van der Waals surface area (Å²) in [4.78, 5) is 23.8. The van der Waals surface area contributed by atoms with E-state index in [9.17, 15) is 14.7 Å². The normalized spacial score (nSPS) is 26.8. The molecule has 0 aliphatic carbocycles. The molecule has 0 radical (unpaired) electrons. The van der Waals surface area contributed by atoms with Crippen molar-refractivity contribution in [2.45, 2.75) is 44.7 Å². The Labute approximate surface area is 109 Å². The minimum Gasteiger partial charge on any atom is -0.394 e. The van der Waals surface area contributed by atoms with Gasteiger partial charge in [0.2, 0.25) is 0 Å². The van der Waals surface area contributed by atoms with E-state index in [2.05, 4.69) is 0 Å². The van der Waals surface area contributed by atoms with Crippen molar-refractivity contribution in [2.24, 2.45) is 0 Å². The molecule has 0 bridgehead atoms. The molecule has 1 saturated heterocycles. The van der Waals surface area contributed by atoms with Gasteiger partial charge < -0.3 is 14.9 Å². The maximum absolute atomic E-state index is 12.2. The zero-order valence-corrected chi connectivity index (χ0v) is 10.7. The molecule has 0 saturated carbocycles. The van der Waals surface area contributed by atoms with Gasteiger partial charge in [-0.2, -0.15) is 0 Å².